The quantitative estimate of drug-likeness (QED) is 0.469. The molecule has 0 heterocycles. The van der Waals surface area contributed by atoms with Crippen molar-refractivity contribution in [2.45, 2.75) is 26.6 Å². The van der Waals surface area contributed by atoms with E-state index in [4.69, 9.17) is 4.74 Å². The predicted molar refractivity (Wildman–Crippen MR) is 80.4 cm³/mol. The Morgan fingerprint density at radius 1 is 1.21 bits per heavy atom. The maximum Gasteiger partial charge on any atom is 0.339 e. The first kappa shape index (κ1) is 15.1. The van der Waals surface area contributed by atoms with E-state index in [1.54, 1.807) is 31.2 Å². The first-order valence-electron chi connectivity index (χ1n) is 6.12. The first-order valence-corrected chi connectivity index (χ1v) is 9.62. The second-order valence-corrected chi connectivity index (χ2v) is 9.83. The number of rotatable bonds is 2. The van der Waals surface area contributed by atoms with Gasteiger partial charge in [0.05, 0.1) is 5.56 Å². The van der Waals surface area contributed by atoms with E-state index in [-0.39, 0.29) is 12.6 Å². The SMILES string of the molecule is CC#Cc1ccc(C(=O)OCC#C[Si](C)(C)C)cc1. The largest absolute Gasteiger partial charge is 0.449 e. The molecule has 1 aromatic carbocycles. The molecule has 0 aromatic heterocycles. The van der Waals surface area contributed by atoms with E-state index in [1.807, 2.05) is 0 Å². The number of carbonyl (C=O) groups excluding carboxylic acids is 1. The smallest absolute Gasteiger partial charge is 0.339 e. The summed E-state index contributed by atoms with van der Waals surface area (Å²) in [4.78, 5) is 11.7. The van der Waals surface area contributed by atoms with Crippen molar-refractivity contribution in [1.82, 2.24) is 0 Å². The lowest BCUT2D eigenvalue weighted by Gasteiger charge is -2.04. The van der Waals surface area contributed by atoms with E-state index in [1.165, 1.54) is 0 Å². The van der Waals surface area contributed by atoms with Crippen molar-refractivity contribution in [2.24, 2.45) is 0 Å². The van der Waals surface area contributed by atoms with Crippen LogP contribution in [-0.4, -0.2) is 20.7 Å². The molecule has 0 aliphatic heterocycles. The van der Waals surface area contributed by atoms with Gasteiger partial charge < -0.3 is 4.74 Å². The Balaban J connectivity index is 2.58. The van der Waals surface area contributed by atoms with Gasteiger partial charge in [0, 0.05) is 5.56 Å². The molecule has 0 unspecified atom stereocenters. The molecule has 0 radical (unpaired) electrons. The lowest BCUT2D eigenvalue weighted by atomic mass is 10.1. The van der Waals surface area contributed by atoms with Gasteiger partial charge in [0.2, 0.25) is 0 Å². The standard InChI is InChI=1S/C16H18O2Si/c1-5-7-14-8-10-15(11-9-14)16(17)18-12-6-13-19(2,3)4/h8-11H,12H2,1-4H3. The fourth-order valence-corrected chi connectivity index (χ4v) is 1.92. The van der Waals surface area contributed by atoms with Gasteiger partial charge in [-0.3, -0.25) is 0 Å². The van der Waals surface area contributed by atoms with Crippen LogP contribution in [0.25, 0.3) is 0 Å². The molecule has 0 amide bonds. The Morgan fingerprint density at radius 3 is 2.37 bits per heavy atom. The van der Waals surface area contributed by atoms with Gasteiger partial charge in [-0.2, -0.15) is 0 Å². The van der Waals surface area contributed by atoms with Crippen molar-refractivity contribution >= 4 is 14.0 Å². The summed E-state index contributed by atoms with van der Waals surface area (Å²) in [5.74, 6) is 8.29. The summed E-state index contributed by atoms with van der Waals surface area (Å²) in [7, 11) is -1.39. The third-order valence-electron chi connectivity index (χ3n) is 2.13. The van der Waals surface area contributed by atoms with Gasteiger partial charge in [-0.25, -0.2) is 4.79 Å². The third kappa shape index (κ3) is 5.95. The minimum absolute atomic E-state index is 0.152. The van der Waals surface area contributed by atoms with Crippen molar-refractivity contribution in [3.8, 4) is 23.3 Å². The lowest BCUT2D eigenvalue weighted by molar-refractivity contribution is 0.0556. The number of ether oxygens (including phenoxy) is 1. The normalized spacial score (nSPS) is 9.68. The van der Waals surface area contributed by atoms with Gasteiger partial charge in [0.1, 0.15) is 8.07 Å². The van der Waals surface area contributed by atoms with Crippen molar-refractivity contribution in [3.05, 3.63) is 35.4 Å². The molecular weight excluding hydrogens is 252 g/mol. The van der Waals surface area contributed by atoms with E-state index < -0.39 is 8.07 Å². The minimum atomic E-state index is -1.39. The summed E-state index contributed by atoms with van der Waals surface area (Å²) in [6.07, 6.45) is 0. The molecule has 0 saturated carbocycles. The van der Waals surface area contributed by atoms with Gasteiger partial charge in [0.25, 0.3) is 0 Å². The number of esters is 1. The molecule has 0 saturated heterocycles. The molecule has 1 rings (SSSR count). The van der Waals surface area contributed by atoms with Gasteiger partial charge in [-0.05, 0) is 31.2 Å². The third-order valence-corrected chi connectivity index (χ3v) is 3.06. The van der Waals surface area contributed by atoms with Crippen LogP contribution < -0.4 is 0 Å². The van der Waals surface area contributed by atoms with Crippen LogP contribution in [0.1, 0.15) is 22.8 Å². The average Bonchev–Trinajstić information content (AvgIpc) is 2.34. The summed E-state index contributed by atoms with van der Waals surface area (Å²) in [5, 5.41) is 0. The summed E-state index contributed by atoms with van der Waals surface area (Å²) in [6, 6.07) is 7.05. The number of carbonyl (C=O) groups is 1. The van der Waals surface area contributed by atoms with E-state index >= 15 is 0 Å². The molecule has 3 heteroatoms. The van der Waals surface area contributed by atoms with Gasteiger partial charge in [-0.15, -0.1) is 11.5 Å². The van der Waals surface area contributed by atoms with Crippen LogP contribution in [0.15, 0.2) is 24.3 Å². The second kappa shape index (κ2) is 6.83. The molecule has 0 N–H and O–H groups in total. The zero-order valence-electron chi connectivity index (χ0n) is 11.8. The molecule has 0 aliphatic rings. The van der Waals surface area contributed by atoms with Crippen LogP contribution in [0.2, 0.25) is 19.6 Å². The molecule has 0 bridgehead atoms. The molecule has 0 fully saturated rings. The summed E-state index contributed by atoms with van der Waals surface area (Å²) < 4.78 is 5.10. The van der Waals surface area contributed by atoms with Crippen molar-refractivity contribution in [3.63, 3.8) is 0 Å². The molecule has 0 aliphatic carbocycles. The van der Waals surface area contributed by atoms with Crippen LogP contribution in [-0.2, 0) is 4.74 Å². The van der Waals surface area contributed by atoms with E-state index in [2.05, 4.69) is 42.9 Å². The van der Waals surface area contributed by atoms with Crippen molar-refractivity contribution in [1.29, 1.82) is 0 Å². The van der Waals surface area contributed by atoms with Crippen molar-refractivity contribution < 1.29 is 9.53 Å². The fourth-order valence-electron chi connectivity index (χ4n) is 1.32. The molecule has 98 valence electrons. The van der Waals surface area contributed by atoms with Gasteiger partial charge in [-0.1, -0.05) is 31.5 Å². The average molecular weight is 270 g/mol. The number of hydrogen-bond donors (Lipinski definition) is 0. The topological polar surface area (TPSA) is 26.3 Å². The number of benzene rings is 1. The second-order valence-electron chi connectivity index (χ2n) is 5.08. The van der Waals surface area contributed by atoms with Crippen LogP contribution in [0.5, 0.6) is 0 Å². The Hall–Kier alpha value is -1.97. The van der Waals surface area contributed by atoms with Gasteiger partial charge in [0.15, 0.2) is 6.61 Å². The molecule has 19 heavy (non-hydrogen) atoms. The Kier molecular flexibility index (Phi) is 5.42. The highest BCUT2D eigenvalue weighted by molar-refractivity contribution is 6.83. The summed E-state index contributed by atoms with van der Waals surface area (Å²) in [6.45, 7) is 8.37. The molecule has 0 spiro atoms. The fraction of sp³-hybridized carbons (Fsp3) is 0.312. The van der Waals surface area contributed by atoms with E-state index in [9.17, 15) is 4.79 Å². The van der Waals surface area contributed by atoms with Crippen molar-refractivity contribution in [2.75, 3.05) is 6.61 Å². The minimum Gasteiger partial charge on any atom is -0.449 e. The van der Waals surface area contributed by atoms with E-state index in [0.717, 1.165) is 5.56 Å². The maximum atomic E-state index is 11.7. The van der Waals surface area contributed by atoms with E-state index in [0.29, 0.717) is 5.56 Å². The van der Waals surface area contributed by atoms with Crippen LogP contribution >= 0.6 is 0 Å². The molecule has 0 atom stereocenters. The highest BCUT2D eigenvalue weighted by Gasteiger charge is 2.08. The monoisotopic (exact) mass is 270 g/mol. The zero-order valence-corrected chi connectivity index (χ0v) is 12.8. The first-order chi connectivity index (χ1) is 8.92. The van der Waals surface area contributed by atoms with Crippen LogP contribution in [0.3, 0.4) is 0 Å². The number of hydrogen-bond acceptors (Lipinski definition) is 2. The lowest BCUT2D eigenvalue weighted by Crippen LogP contribution is -2.17. The molecular formula is C16H18O2Si. The molecule has 2 nitrogen and oxygen atoms in total. The highest BCUT2D eigenvalue weighted by atomic mass is 28.3. The van der Waals surface area contributed by atoms with Gasteiger partial charge >= 0.3 is 5.97 Å². The van der Waals surface area contributed by atoms with Crippen LogP contribution in [0.4, 0.5) is 0 Å². The Labute approximate surface area is 116 Å². The Bertz CT molecular complexity index is 557. The summed E-state index contributed by atoms with van der Waals surface area (Å²) in [5.41, 5.74) is 4.56. The predicted octanol–water partition coefficient (Wildman–Crippen LogP) is 3.10. The maximum absolute atomic E-state index is 11.7. The van der Waals surface area contributed by atoms with Crippen LogP contribution in [0, 0.1) is 23.3 Å². The molecule has 1 aromatic rings. The highest BCUT2D eigenvalue weighted by Crippen LogP contribution is 2.05. The Morgan fingerprint density at radius 2 is 1.84 bits per heavy atom. The summed E-state index contributed by atoms with van der Waals surface area (Å²) >= 11 is 0. The zero-order chi connectivity index (χ0) is 14.3.